The molecule has 0 amide bonds. The number of benzene rings is 2. The van der Waals surface area contributed by atoms with Crippen LogP contribution in [0.5, 0.6) is 11.5 Å². The number of hydrogen-bond donors (Lipinski definition) is 0. The zero-order chi connectivity index (χ0) is 20.1. The molecule has 2 aromatic heterocycles. The molecule has 6 heteroatoms. The number of hydrogen-bond acceptors (Lipinski definition) is 4. The molecule has 0 unspecified atom stereocenters. The number of ether oxygens (including phenoxy) is 2. The van der Waals surface area contributed by atoms with Crippen LogP contribution < -0.4 is 15.0 Å². The Bertz CT molecular complexity index is 1320. The Hall–Kier alpha value is -3.28. The first-order valence-corrected chi connectivity index (χ1v) is 9.95. The van der Waals surface area contributed by atoms with E-state index in [0.29, 0.717) is 11.9 Å². The summed E-state index contributed by atoms with van der Waals surface area (Å²) in [5.41, 5.74) is 4.02. The lowest BCUT2D eigenvalue weighted by atomic mass is 10.0. The number of methoxy groups -OCH3 is 2. The maximum Gasteiger partial charge on any atom is 0.261 e. The van der Waals surface area contributed by atoms with Crippen molar-refractivity contribution in [3.63, 3.8) is 0 Å². The predicted molar refractivity (Wildman–Crippen MR) is 114 cm³/mol. The van der Waals surface area contributed by atoms with E-state index in [9.17, 15) is 4.79 Å². The number of aromatic nitrogens is 3. The van der Waals surface area contributed by atoms with Crippen LogP contribution in [0.25, 0.3) is 33.3 Å². The van der Waals surface area contributed by atoms with E-state index >= 15 is 0 Å². The molecule has 0 saturated heterocycles. The highest BCUT2D eigenvalue weighted by Crippen LogP contribution is 2.42. The van der Waals surface area contributed by atoms with Crippen LogP contribution in [0.3, 0.4) is 0 Å². The lowest BCUT2D eigenvalue weighted by Gasteiger charge is -2.21. The van der Waals surface area contributed by atoms with Gasteiger partial charge in [0.2, 0.25) is 0 Å². The highest BCUT2D eigenvalue weighted by Gasteiger charge is 2.29. The van der Waals surface area contributed by atoms with Crippen molar-refractivity contribution in [1.82, 2.24) is 14.1 Å². The lowest BCUT2D eigenvalue weighted by molar-refractivity contribution is 0.397. The van der Waals surface area contributed by atoms with Crippen molar-refractivity contribution < 1.29 is 9.47 Å². The van der Waals surface area contributed by atoms with Gasteiger partial charge in [0.05, 0.1) is 36.3 Å². The van der Waals surface area contributed by atoms with Gasteiger partial charge in [-0.3, -0.25) is 9.36 Å². The van der Waals surface area contributed by atoms with Gasteiger partial charge in [-0.1, -0.05) is 19.1 Å². The summed E-state index contributed by atoms with van der Waals surface area (Å²) in [5.74, 6) is 2.29. The van der Waals surface area contributed by atoms with E-state index in [1.807, 2.05) is 34.9 Å². The normalized spacial score (nSPS) is 12.8. The summed E-state index contributed by atoms with van der Waals surface area (Å²) in [4.78, 5) is 18.1. The molecule has 1 aliphatic rings. The third-order valence-electron chi connectivity index (χ3n) is 5.76. The molecule has 0 spiro atoms. The number of nitrogens with zero attached hydrogens (tertiary/aromatic N) is 3. The molecule has 6 nitrogen and oxygen atoms in total. The molecular formula is C23H23N3O3. The largest absolute Gasteiger partial charge is 0.497 e. The Labute approximate surface area is 168 Å². The second-order valence-corrected chi connectivity index (χ2v) is 7.36. The molecular weight excluding hydrogens is 366 g/mol. The zero-order valence-corrected chi connectivity index (χ0v) is 16.9. The third kappa shape index (κ3) is 2.48. The highest BCUT2D eigenvalue weighted by atomic mass is 16.5. The van der Waals surface area contributed by atoms with Crippen molar-refractivity contribution >= 4 is 21.8 Å². The summed E-state index contributed by atoms with van der Waals surface area (Å²) < 4.78 is 15.3. The average Bonchev–Trinajstić information content (AvgIpc) is 3.07. The maximum absolute atomic E-state index is 13.2. The van der Waals surface area contributed by atoms with Gasteiger partial charge in [0.1, 0.15) is 11.5 Å². The van der Waals surface area contributed by atoms with Gasteiger partial charge in [-0.05, 0) is 30.5 Å². The van der Waals surface area contributed by atoms with Crippen LogP contribution >= 0.6 is 0 Å². The summed E-state index contributed by atoms with van der Waals surface area (Å²) in [6.45, 7) is 3.59. The highest BCUT2D eigenvalue weighted by molar-refractivity contribution is 5.97. The fraction of sp³-hybridized carbons (Fsp3) is 0.304. The zero-order valence-electron chi connectivity index (χ0n) is 16.9. The number of rotatable bonds is 4. The summed E-state index contributed by atoms with van der Waals surface area (Å²) in [6, 6.07) is 11.5. The Kier molecular flexibility index (Phi) is 4.08. The van der Waals surface area contributed by atoms with Crippen LogP contribution in [0.1, 0.15) is 18.9 Å². The molecule has 0 fully saturated rings. The van der Waals surface area contributed by atoms with Gasteiger partial charge in [-0.2, -0.15) is 0 Å². The monoisotopic (exact) mass is 389 g/mol. The Morgan fingerprint density at radius 1 is 1.14 bits per heavy atom. The Morgan fingerprint density at radius 2 is 1.97 bits per heavy atom. The minimum Gasteiger partial charge on any atom is -0.497 e. The summed E-state index contributed by atoms with van der Waals surface area (Å²) in [6.07, 6.45) is 1.73. The van der Waals surface area contributed by atoms with Crippen molar-refractivity contribution in [2.45, 2.75) is 32.9 Å². The topological polar surface area (TPSA) is 58.3 Å². The molecule has 0 N–H and O–H groups in total. The lowest BCUT2D eigenvalue weighted by Crippen LogP contribution is -2.28. The van der Waals surface area contributed by atoms with Crippen LogP contribution in [0, 0.1) is 0 Å². The molecule has 0 aliphatic carbocycles. The van der Waals surface area contributed by atoms with Gasteiger partial charge in [0, 0.05) is 30.6 Å². The number of aryl methyl sites for hydroxylation is 2. The van der Waals surface area contributed by atoms with E-state index in [0.717, 1.165) is 58.8 Å². The minimum absolute atomic E-state index is 0.0223. The van der Waals surface area contributed by atoms with Gasteiger partial charge in [0.15, 0.2) is 5.82 Å². The quantitative estimate of drug-likeness (QED) is 0.529. The second-order valence-electron chi connectivity index (χ2n) is 7.36. The van der Waals surface area contributed by atoms with E-state index in [1.54, 1.807) is 14.2 Å². The van der Waals surface area contributed by atoms with Crippen LogP contribution in [-0.2, 0) is 19.5 Å². The molecule has 29 heavy (non-hydrogen) atoms. The fourth-order valence-electron chi connectivity index (χ4n) is 4.51. The predicted octanol–water partition coefficient (Wildman–Crippen LogP) is 4.00. The van der Waals surface area contributed by atoms with Crippen molar-refractivity contribution in [2.75, 3.05) is 14.2 Å². The molecule has 1 aliphatic heterocycles. The van der Waals surface area contributed by atoms with Crippen molar-refractivity contribution in [2.24, 2.45) is 0 Å². The first kappa shape index (κ1) is 17.8. The molecule has 5 rings (SSSR count). The molecule has 0 saturated carbocycles. The van der Waals surface area contributed by atoms with Gasteiger partial charge < -0.3 is 14.0 Å². The standard InChI is InChI=1S/C23H23N3O3/c1-4-10-25-18-12-14(28-2)13-19(29-3)20(18)16-9-11-26-22(21(16)25)24-17-8-6-5-7-15(17)23(26)27/h5-8,12-13H,4,9-11H2,1-3H3. The number of fused-ring (bicyclic) bond motifs is 6. The van der Waals surface area contributed by atoms with Crippen molar-refractivity contribution in [3.8, 4) is 23.0 Å². The second kappa shape index (κ2) is 6.65. The summed E-state index contributed by atoms with van der Waals surface area (Å²) in [7, 11) is 3.35. The van der Waals surface area contributed by atoms with Gasteiger partial charge >= 0.3 is 0 Å². The third-order valence-corrected chi connectivity index (χ3v) is 5.76. The molecule has 0 bridgehead atoms. The van der Waals surface area contributed by atoms with Crippen molar-refractivity contribution in [3.05, 3.63) is 52.3 Å². The van der Waals surface area contributed by atoms with E-state index < -0.39 is 0 Å². The first-order valence-electron chi connectivity index (χ1n) is 9.95. The van der Waals surface area contributed by atoms with E-state index in [4.69, 9.17) is 14.5 Å². The van der Waals surface area contributed by atoms with Gasteiger partial charge in [-0.15, -0.1) is 0 Å². The fourth-order valence-corrected chi connectivity index (χ4v) is 4.51. The molecule has 148 valence electrons. The average molecular weight is 389 g/mol. The van der Waals surface area contributed by atoms with Gasteiger partial charge in [0.25, 0.3) is 5.56 Å². The molecule has 0 atom stereocenters. The smallest absolute Gasteiger partial charge is 0.261 e. The number of para-hydroxylation sites is 1. The Balaban J connectivity index is 1.93. The van der Waals surface area contributed by atoms with Crippen molar-refractivity contribution in [1.29, 1.82) is 0 Å². The van der Waals surface area contributed by atoms with Crippen LogP contribution in [0.2, 0.25) is 0 Å². The van der Waals surface area contributed by atoms with Crippen LogP contribution in [0.15, 0.2) is 41.2 Å². The summed E-state index contributed by atoms with van der Waals surface area (Å²) >= 11 is 0. The van der Waals surface area contributed by atoms with E-state index in [-0.39, 0.29) is 5.56 Å². The minimum atomic E-state index is 0.0223. The van der Waals surface area contributed by atoms with E-state index in [2.05, 4.69) is 17.6 Å². The van der Waals surface area contributed by atoms with Crippen LogP contribution in [0.4, 0.5) is 0 Å². The maximum atomic E-state index is 13.2. The molecule has 4 aromatic rings. The molecule has 3 heterocycles. The van der Waals surface area contributed by atoms with E-state index in [1.165, 1.54) is 5.56 Å². The molecule has 0 radical (unpaired) electrons. The summed E-state index contributed by atoms with van der Waals surface area (Å²) in [5, 5.41) is 1.75. The van der Waals surface area contributed by atoms with Gasteiger partial charge in [-0.25, -0.2) is 4.98 Å². The molecule has 2 aromatic carbocycles. The first-order chi connectivity index (χ1) is 14.2. The Morgan fingerprint density at radius 3 is 2.72 bits per heavy atom. The van der Waals surface area contributed by atoms with Crippen LogP contribution in [-0.4, -0.2) is 28.3 Å². The SMILES string of the molecule is CCCn1c2c(c3c(OC)cc(OC)cc31)CCn1c-2nc2ccccc2c1=O.